The Hall–Kier alpha value is -0.980. The minimum Gasteiger partial charge on any atom is -0.481 e. The van der Waals surface area contributed by atoms with Crippen molar-refractivity contribution in [2.45, 2.75) is 31.7 Å². The first-order valence-corrected chi connectivity index (χ1v) is 5.35. The van der Waals surface area contributed by atoms with Crippen LogP contribution in [0, 0.1) is 5.92 Å². The smallest absolute Gasteiger partial charge is 0.306 e. The number of hydrogen-bond donors (Lipinski definition) is 4. The monoisotopic (exact) mass is 232 g/mol. The SMILES string of the molecule is NCCCCC(CC(=O)C(N)CO)C(=O)O. The number of aliphatic carboxylic acids is 1. The Morgan fingerprint density at radius 3 is 2.31 bits per heavy atom. The number of carbonyl (C=O) groups is 2. The molecule has 0 spiro atoms. The summed E-state index contributed by atoms with van der Waals surface area (Å²) in [5.41, 5.74) is 10.6. The standard InChI is InChI=1S/C10H20N2O4/c11-4-2-1-3-7(10(15)16)5-9(14)8(12)6-13/h7-8,13H,1-6,11-12H2,(H,15,16). The number of aliphatic hydroxyl groups excluding tert-OH is 1. The van der Waals surface area contributed by atoms with Crippen molar-refractivity contribution in [3.05, 3.63) is 0 Å². The number of rotatable bonds is 9. The topological polar surface area (TPSA) is 127 Å². The molecule has 2 unspecified atom stereocenters. The molecule has 0 heterocycles. The second kappa shape index (κ2) is 8.20. The van der Waals surface area contributed by atoms with Crippen LogP contribution in [0.5, 0.6) is 0 Å². The molecule has 0 aromatic carbocycles. The molecule has 0 amide bonds. The summed E-state index contributed by atoms with van der Waals surface area (Å²) in [6, 6.07) is -0.976. The quantitative estimate of drug-likeness (QED) is 0.381. The van der Waals surface area contributed by atoms with E-state index in [2.05, 4.69) is 0 Å². The lowest BCUT2D eigenvalue weighted by atomic mass is 9.94. The van der Waals surface area contributed by atoms with Gasteiger partial charge in [0.2, 0.25) is 0 Å². The van der Waals surface area contributed by atoms with Crippen molar-refractivity contribution < 1.29 is 19.8 Å². The second-order valence-corrected chi connectivity index (χ2v) is 3.78. The maximum atomic E-state index is 11.3. The van der Waals surface area contributed by atoms with Gasteiger partial charge in [-0.15, -0.1) is 0 Å². The van der Waals surface area contributed by atoms with Crippen LogP contribution in [0.1, 0.15) is 25.7 Å². The van der Waals surface area contributed by atoms with E-state index in [0.29, 0.717) is 19.4 Å². The van der Waals surface area contributed by atoms with Crippen molar-refractivity contribution in [2.75, 3.05) is 13.2 Å². The lowest BCUT2D eigenvalue weighted by Crippen LogP contribution is -2.36. The molecule has 0 radical (unpaired) electrons. The molecule has 0 saturated heterocycles. The maximum Gasteiger partial charge on any atom is 0.306 e. The number of nitrogens with two attached hydrogens (primary N) is 2. The molecule has 0 aromatic rings. The van der Waals surface area contributed by atoms with Crippen molar-refractivity contribution in [2.24, 2.45) is 17.4 Å². The Morgan fingerprint density at radius 2 is 1.88 bits per heavy atom. The lowest BCUT2D eigenvalue weighted by molar-refractivity contribution is -0.144. The summed E-state index contributed by atoms with van der Waals surface area (Å²) < 4.78 is 0. The summed E-state index contributed by atoms with van der Waals surface area (Å²) >= 11 is 0. The average molecular weight is 232 g/mol. The summed E-state index contributed by atoms with van der Waals surface area (Å²) in [6.45, 7) is 0.0599. The van der Waals surface area contributed by atoms with Crippen molar-refractivity contribution in [1.29, 1.82) is 0 Å². The van der Waals surface area contributed by atoms with Crippen molar-refractivity contribution >= 4 is 11.8 Å². The molecule has 0 fully saturated rings. The van der Waals surface area contributed by atoms with Gasteiger partial charge in [0.25, 0.3) is 0 Å². The molecule has 0 aliphatic rings. The van der Waals surface area contributed by atoms with Gasteiger partial charge in [-0.1, -0.05) is 6.42 Å². The van der Waals surface area contributed by atoms with E-state index in [9.17, 15) is 9.59 Å². The molecule has 0 saturated carbocycles. The van der Waals surface area contributed by atoms with E-state index in [1.54, 1.807) is 0 Å². The zero-order valence-corrected chi connectivity index (χ0v) is 9.26. The normalized spacial score (nSPS) is 14.4. The zero-order valence-electron chi connectivity index (χ0n) is 9.26. The number of hydrogen-bond acceptors (Lipinski definition) is 5. The van der Waals surface area contributed by atoms with Crippen molar-refractivity contribution in [3.63, 3.8) is 0 Å². The molecule has 0 aliphatic heterocycles. The zero-order chi connectivity index (χ0) is 12.6. The largest absolute Gasteiger partial charge is 0.481 e. The van der Waals surface area contributed by atoms with Crippen LogP contribution in [-0.2, 0) is 9.59 Å². The third-order valence-electron chi connectivity index (χ3n) is 2.41. The molecule has 0 aliphatic carbocycles. The van der Waals surface area contributed by atoms with Gasteiger partial charge in [0, 0.05) is 6.42 Å². The van der Waals surface area contributed by atoms with Crippen LogP contribution in [-0.4, -0.2) is 41.2 Å². The highest BCUT2D eigenvalue weighted by atomic mass is 16.4. The van der Waals surface area contributed by atoms with E-state index in [1.807, 2.05) is 0 Å². The summed E-state index contributed by atoms with van der Waals surface area (Å²) in [6.07, 6.45) is 1.71. The maximum absolute atomic E-state index is 11.3. The van der Waals surface area contributed by atoms with E-state index < -0.39 is 30.3 Å². The first kappa shape index (κ1) is 15.0. The van der Waals surface area contributed by atoms with Crippen LogP contribution < -0.4 is 11.5 Å². The van der Waals surface area contributed by atoms with E-state index in [-0.39, 0.29) is 6.42 Å². The first-order chi connectivity index (χ1) is 7.52. The van der Waals surface area contributed by atoms with Crippen LogP contribution in [0.25, 0.3) is 0 Å². The van der Waals surface area contributed by atoms with Gasteiger partial charge in [-0.25, -0.2) is 0 Å². The number of unbranched alkanes of at least 4 members (excludes halogenated alkanes) is 1. The first-order valence-electron chi connectivity index (χ1n) is 5.35. The molecule has 6 heteroatoms. The van der Waals surface area contributed by atoms with Gasteiger partial charge in [-0.2, -0.15) is 0 Å². The molecule has 16 heavy (non-hydrogen) atoms. The number of carboxylic acids is 1. The molecule has 6 nitrogen and oxygen atoms in total. The van der Waals surface area contributed by atoms with E-state index >= 15 is 0 Å². The van der Waals surface area contributed by atoms with Gasteiger partial charge in [0.1, 0.15) is 0 Å². The Balaban J connectivity index is 4.12. The molecular formula is C10H20N2O4. The Morgan fingerprint density at radius 1 is 1.25 bits per heavy atom. The average Bonchev–Trinajstić information content (AvgIpc) is 2.26. The van der Waals surface area contributed by atoms with E-state index in [0.717, 1.165) is 6.42 Å². The number of aliphatic hydroxyl groups is 1. The molecule has 0 bridgehead atoms. The highest BCUT2D eigenvalue weighted by Gasteiger charge is 2.23. The lowest BCUT2D eigenvalue weighted by Gasteiger charge is -2.13. The number of carbonyl (C=O) groups excluding carboxylic acids is 1. The summed E-state index contributed by atoms with van der Waals surface area (Å²) in [7, 11) is 0. The summed E-state index contributed by atoms with van der Waals surface area (Å²) in [4.78, 5) is 22.2. The third kappa shape index (κ3) is 5.79. The fraction of sp³-hybridized carbons (Fsp3) is 0.800. The number of carboxylic acid groups (broad SMARTS) is 1. The highest BCUT2D eigenvalue weighted by Crippen LogP contribution is 2.14. The van der Waals surface area contributed by atoms with Crippen molar-refractivity contribution in [1.82, 2.24) is 0 Å². The van der Waals surface area contributed by atoms with Gasteiger partial charge >= 0.3 is 5.97 Å². The van der Waals surface area contributed by atoms with Crippen LogP contribution >= 0.6 is 0 Å². The van der Waals surface area contributed by atoms with Crippen LogP contribution in [0.4, 0.5) is 0 Å². The molecule has 2 atom stereocenters. The van der Waals surface area contributed by atoms with Crippen LogP contribution in [0.2, 0.25) is 0 Å². The van der Waals surface area contributed by atoms with Crippen molar-refractivity contribution in [3.8, 4) is 0 Å². The molecular weight excluding hydrogens is 212 g/mol. The number of Topliss-reactive ketones (excluding diaryl/α,β-unsaturated/α-hetero) is 1. The predicted octanol–water partition coefficient (Wildman–Crippen LogP) is -0.905. The fourth-order valence-corrected chi connectivity index (χ4v) is 1.34. The fourth-order valence-electron chi connectivity index (χ4n) is 1.34. The van der Waals surface area contributed by atoms with Gasteiger partial charge in [-0.05, 0) is 19.4 Å². The Labute approximate surface area is 94.6 Å². The van der Waals surface area contributed by atoms with Gasteiger partial charge in [0.05, 0.1) is 18.6 Å². The minimum absolute atomic E-state index is 0.123. The Bertz CT molecular complexity index is 233. The third-order valence-corrected chi connectivity index (χ3v) is 2.41. The van der Waals surface area contributed by atoms with Crippen LogP contribution in [0.15, 0.2) is 0 Å². The molecule has 6 N–H and O–H groups in total. The van der Waals surface area contributed by atoms with Gasteiger partial charge in [-0.3, -0.25) is 9.59 Å². The van der Waals surface area contributed by atoms with Gasteiger partial charge in [0.15, 0.2) is 5.78 Å². The second-order valence-electron chi connectivity index (χ2n) is 3.78. The minimum atomic E-state index is -1.00. The van der Waals surface area contributed by atoms with E-state index in [1.165, 1.54) is 0 Å². The summed E-state index contributed by atoms with van der Waals surface area (Å²) in [5.74, 6) is -2.14. The Kier molecular flexibility index (Phi) is 7.70. The van der Waals surface area contributed by atoms with E-state index in [4.69, 9.17) is 21.7 Å². The summed E-state index contributed by atoms with van der Waals surface area (Å²) in [5, 5.41) is 17.6. The van der Waals surface area contributed by atoms with Crippen LogP contribution in [0.3, 0.4) is 0 Å². The molecule has 94 valence electrons. The van der Waals surface area contributed by atoms with Gasteiger partial charge < -0.3 is 21.7 Å². The highest BCUT2D eigenvalue weighted by molar-refractivity contribution is 5.87. The molecule has 0 aromatic heterocycles. The predicted molar refractivity (Wildman–Crippen MR) is 58.7 cm³/mol. The number of ketones is 1. The molecule has 0 rings (SSSR count).